The Morgan fingerprint density at radius 2 is 2.10 bits per heavy atom. The van der Waals surface area contributed by atoms with Gasteiger partial charge in [-0.25, -0.2) is 13.4 Å². The molecule has 21 heavy (non-hydrogen) atoms. The molecule has 0 bridgehead atoms. The van der Waals surface area contributed by atoms with Gasteiger partial charge in [-0.1, -0.05) is 0 Å². The molecule has 2 fully saturated rings. The molecule has 0 atom stereocenters. The predicted octanol–water partition coefficient (Wildman–Crippen LogP) is 0.883. The van der Waals surface area contributed by atoms with E-state index in [1.54, 1.807) is 11.3 Å². The predicted molar refractivity (Wildman–Crippen MR) is 83.8 cm³/mol. The van der Waals surface area contributed by atoms with Gasteiger partial charge in [-0.3, -0.25) is 4.40 Å². The molecule has 1 saturated heterocycles. The van der Waals surface area contributed by atoms with Gasteiger partial charge in [-0.05, 0) is 12.8 Å². The summed E-state index contributed by atoms with van der Waals surface area (Å²) in [7, 11) is -2.86. The van der Waals surface area contributed by atoms with Crippen LogP contribution in [-0.2, 0) is 16.4 Å². The molecule has 1 N–H and O–H groups in total. The van der Waals surface area contributed by atoms with Gasteiger partial charge < -0.3 is 10.2 Å². The summed E-state index contributed by atoms with van der Waals surface area (Å²) in [6.45, 7) is 1.88. The zero-order chi connectivity index (χ0) is 14.4. The average molecular weight is 326 g/mol. The molecule has 114 valence electrons. The molecule has 0 amide bonds. The third-order valence-corrected chi connectivity index (χ3v) is 6.49. The summed E-state index contributed by atoms with van der Waals surface area (Å²) in [4.78, 5) is 7.81. The van der Waals surface area contributed by atoms with E-state index in [0.717, 1.165) is 23.0 Å². The Morgan fingerprint density at radius 3 is 2.81 bits per heavy atom. The Labute approximate surface area is 127 Å². The molecule has 4 rings (SSSR count). The number of sulfone groups is 1. The van der Waals surface area contributed by atoms with Crippen molar-refractivity contribution in [2.24, 2.45) is 0 Å². The van der Waals surface area contributed by atoms with Gasteiger partial charge in [0.2, 0.25) is 0 Å². The molecule has 6 nitrogen and oxygen atoms in total. The third kappa shape index (κ3) is 2.67. The first-order chi connectivity index (χ1) is 10.1. The van der Waals surface area contributed by atoms with Gasteiger partial charge in [0.1, 0.15) is 0 Å². The second-order valence-corrected chi connectivity index (χ2v) is 8.91. The quantitative estimate of drug-likeness (QED) is 0.903. The minimum Gasteiger partial charge on any atom is -0.353 e. The second-order valence-electron chi connectivity index (χ2n) is 5.73. The molecule has 0 unspecified atom stereocenters. The lowest BCUT2D eigenvalue weighted by molar-refractivity contribution is 0.585. The first-order valence-electron chi connectivity index (χ1n) is 7.25. The van der Waals surface area contributed by atoms with E-state index in [1.807, 2.05) is 11.6 Å². The van der Waals surface area contributed by atoms with Crippen LogP contribution in [0.5, 0.6) is 0 Å². The second kappa shape index (κ2) is 4.96. The molecule has 0 aromatic carbocycles. The number of nitrogens with zero attached hydrogens (tertiary/aromatic N) is 3. The number of fused-ring (bicyclic) bond motifs is 1. The van der Waals surface area contributed by atoms with Gasteiger partial charge in [-0.15, -0.1) is 11.3 Å². The number of thiazole rings is 1. The molecule has 0 spiro atoms. The Hall–Kier alpha value is -1.12. The summed E-state index contributed by atoms with van der Waals surface area (Å²) in [6, 6.07) is 0.642. The Kier molecular flexibility index (Phi) is 3.20. The summed E-state index contributed by atoms with van der Waals surface area (Å²) in [5.41, 5.74) is 1.15. The number of anilines is 1. The highest BCUT2D eigenvalue weighted by atomic mass is 32.2. The van der Waals surface area contributed by atoms with Crippen molar-refractivity contribution in [2.45, 2.75) is 25.4 Å². The lowest BCUT2D eigenvalue weighted by atomic mass is 10.3. The van der Waals surface area contributed by atoms with Crippen LogP contribution in [0.2, 0.25) is 0 Å². The SMILES string of the molecule is O=S1(=O)CCN(c2nc3sccn3c2CNC2CC2)CC1. The average Bonchev–Trinajstić information content (AvgIpc) is 3.05. The van der Waals surface area contributed by atoms with Gasteiger partial charge in [0.05, 0.1) is 17.2 Å². The topological polar surface area (TPSA) is 66.7 Å². The largest absolute Gasteiger partial charge is 0.353 e. The summed E-state index contributed by atoms with van der Waals surface area (Å²) in [5, 5.41) is 5.57. The van der Waals surface area contributed by atoms with E-state index in [4.69, 9.17) is 4.98 Å². The van der Waals surface area contributed by atoms with Crippen LogP contribution in [0.15, 0.2) is 11.6 Å². The zero-order valence-electron chi connectivity index (χ0n) is 11.7. The molecular weight excluding hydrogens is 308 g/mol. The minimum atomic E-state index is -2.86. The molecule has 2 aliphatic rings. The van der Waals surface area contributed by atoms with Crippen LogP contribution in [0.4, 0.5) is 5.82 Å². The Bertz CT molecular complexity index is 746. The van der Waals surface area contributed by atoms with Crippen molar-refractivity contribution in [1.82, 2.24) is 14.7 Å². The standard InChI is InChI=1S/C13H18N4O2S2/c18-21(19)7-4-16(5-8-21)12-11(9-14-10-1-2-10)17-3-6-20-13(17)15-12/h3,6,10,14H,1-2,4-5,7-9H2. The molecule has 2 aromatic rings. The smallest absolute Gasteiger partial charge is 0.195 e. The van der Waals surface area contributed by atoms with Crippen molar-refractivity contribution in [3.63, 3.8) is 0 Å². The first kappa shape index (κ1) is 13.5. The zero-order valence-corrected chi connectivity index (χ0v) is 13.3. The van der Waals surface area contributed by atoms with Crippen LogP contribution in [0.3, 0.4) is 0 Å². The van der Waals surface area contributed by atoms with E-state index >= 15 is 0 Å². The fraction of sp³-hybridized carbons (Fsp3) is 0.615. The van der Waals surface area contributed by atoms with E-state index in [0.29, 0.717) is 19.1 Å². The number of rotatable bonds is 4. The van der Waals surface area contributed by atoms with Gasteiger partial charge in [-0.2, -0.15) is 0 Å². The monoisotopic (exact) mass is 326 g/mol. The maximum absolute atomic E-state index is 11.6. The van der Waals surface area contributed by atoms with Crippen molar-refractivity contribution >= 4 is 32.0 Å². The highest BCUT2D eigenvalue weighted by molar-refractivity contribution is 7.91. The fourth-order valence-corrected chi connectivity index (χ4v) is 4.62. The van der Waals surface area contributed by atoms with Crippen molar-refractivity contribution in [1.29, 1.82) is 0 Å². The van der Waals surface area contributed by atoms with E-state index in [-0.39, 0.29) is 11.5 Å². The lowest BCUT2D eigenvalue weighted by Crippen LogP contribution is -2.41. The van der Waals surface area contributed by atoms with Crippen LogP contribution in [0.25, 0.3) is 4.96 Å². The third-order valence-electron chi connectivity index (χ3n) is 4.12. The van der Waals surface area contributed by atoms with Gasteiger partial charge in [0, 0.05) is 37.3 Å². The number of hydrogen-bond donors (Lipinski definition) is 1. The Morgan fingerprint density at radius 1 is 1.33 bits per heavy atom. The molecule has 8 heteroatoms. The van der Waals surface area contributed by atoms with Crippen molar-refractivity contribution in [3.8, 4) is 0 Å². The van der Waals surface area contributed by atoms with Crippen LogP contribution in [-0.4, -0.2) is 48.4 Å². The van der Waals surface area contributed by atoms with Crippen LogP contribution in [0.1, 0.15) is 18.5 Å². The van der Waals surface area contributed by atoms with E-state index < -0.39 is 9.84 Å². The number of aromatic nitrogens is 2. The van der Waals surface area contributed by atoms with Gasteiger partial charge in [0.25, 0.3) is 0 Å². The molecule has 3 heterocycles. The Balaban J connectivity index is 1.63. The lowest BCUT2D eigenvalue weighted by Gasteiger charge is -2.27. The molecule has 1 aliphatic heterocycles. The molecule has 2 aromatic heterocycles. The highest BCUT2D eigenvalue weighted by Gasteiger charge is 2.27. The van der Waals surface area contributed by atoms with Crippen molar-refractivity contribution in [3.05, 3.63) is 17.3 Å². The molecule has 0 radical (unpaired) electrons. The molecular formula is C13H18N4O2S2. The number of nitrogens with one attached hydrogen (secondary N) is 1. The summed E-state index contributed by atoms with van der Waals surface area (Å²) in [5.74, 6) is 1.41. The van der Waals surface area contributed by atoms with Crippen LogP contribution < -0.4 is 10.2 Å². The van der Waals surface area contributed by atoms with Crippen LogP contribution in [0, 0.1) is 0 Å². The van der Waals surface area contributed by atoms with E-state index in [9.17, 15) is 8.42 Å². The summed E-state index contributed by atoms with van der Waals surface area (Å²) < 4.78 is 25.3. The normalized spacial score (nSPS) is 22.0. The number of imidazole rings is 1. The molecule has 1 aliphatic carbocycles. The van der Waals surface area contributed by atoms with Crippen LogP contribution >= 0.6 is 11.3 Å². The van der Waals surface area contributed by atoms with Gasteiger partial charge in [0.15, 0.2) is 20.6 Å². The maximum Gasteiger partial charge on any atom is 0.195 e. The van der Waals surface area contributed by atoms with E-state index in [2.05, 4.69) is 14.6 Å². The fourth-order valence-electron chi connectivity index (χ4n) is 2.69. The van der Waals surface area contributed by atoms with Gasteiger partial charge >= 0.3 is 0 Å². The summed E-state index contributed by atoms with van der Waals surface area (Å²) in [6.07, 6.45) is 4.55. The minimum absolute atomic E-state index is 0.230. The maximum atomic E-state index is 11.6. The number of hydrogen-bond acceptors (Lipinski definition) is 6. The van der Waals surface area contributed by atoms with E-state index in [1.165, 1.54) is 12.8 Å². The highest BCUT2D eigenvalue weighted by Crippen LogP contribution is 2.27. The van der Waals surface area contributed by atoms with Crippen molar-refractivity contribution in [2.75, 3.05) is 29.5 Å². The van der Waals surface area contributed by atoms with Crippen molar-refractivity contribution < 1.29 is 8.42 Å². The molecule has 1 saturated carbocycles. The first-order valence-corrected chi connectivity index (χ1v) is 9.96. The summed E-state index contributed by atoms with van der Waals surface area (Å²) >= 11 is 1.62.